The van der Waals surface area contributed by atoms with Gasteiger partial charge in [0.2, 0.25) is 0 Å². The highest BCUT2D eigenvalue weighted by Crippen LogP contribution is 2.29. The van der Waals surface area contributed by atoms with E-state index in [0.29, 0.717) is 11.8 Å². The van der Waals surface area contributed by atoms with E-state index < -0.39 is 0 Å². The van der Waals surface area contributed by atoms with Crippen LogP contribution >= 0.6 is 35.2 Å². The Kier molecular flexibility index (Phi) is 3.73. The Balaban J connectivity index is 2.21. The molecule has 2 rings (SSSR count). The van der Waals surface area contributed by atoms with Crippen molar-refractivity contribution in [1.29, 1.82) is 0 Å². The van der Waals surface area contributed by atoms with E-state index in [9.17, 15) is 0 Å². The molecule has 1 N–H and O–H groups in total. The molecule has 0 bridgehead atoms. The molecule has 2 unspecified atom stereocenters. The van der Waals surface area contributed by atoms with E-state index in [1.807, 2.05) is 0 Å². The van der Waals surface area contributed by atoms with Gasteiger partial charge in [0, 0.05) is 16.0 Å². The summed E-state index contributed by atoms with van der Waals surface area (Å²) in [6.07, 6.45) is 0. The second-order valence-electron chi connectivity index (χ2n) is 3.76. The van der Waals surface area contributed by atoms with E-state index in [-0.39, 0.29) is 0 Å². The Labute approximate surface area is 104 Å². The van der Waals surface area contributed by atoms with Crippen LogP contribution in [0.15, 0.2) is 24.3 Å². The molecular weight excluding hydrogens is 305 g/mol. The van der Waals surface area contributed by atoms with Crippen LogP contribution < -0.4 is 5.32 Å². The third-order valence-corrected chi connectivity index (χ3v) is 3.99. The molecule has 1 saturated heterocycles. The van der Waals surface area contributed by atoms with Gasteiger partial charge in [-0.1, -0.05) is 12.1 Å². The van der Waals surface area contributed by atoms with E-state index in [1.165, 1.54) is 9.13 Å². The van der Waals surface area contributed by atoms with Crippen molar-refractivity contribution in [3.05, 3.63) is 33.4 Å². The molecule has 76 valence electrons. The van der Waals surface area contributed by atoms with Gasteiger partial charge in [0.1, 0.15) is 0 Å². The number of benzene rings is 1. The van der Waals surface area contributed by atoms with Gasteiger partial charge in [-0.2, -0.15) is 12.6 Å². The third kappa shape index (κ3) is 2.25. The van der Waals surface area contributed by atoms with Crippen molar-refractivity contribution in [2.24, 2.45) is 5.92 Å². The zero-order valence-corrected chi connectivity index (χ0v) is 11.0. The standard InChI is InChI=1S/C11H14INS/c12-10-3-1-2-8(4-10)11-6-13-5-9(11)7-14/h1-4,9,11,13-14H,5-7H2. The van der Waals surface area contributed by atoms with Gasteiger partial charge in [0.05, 0.1) is 0 Å². The molecule has 1 aliphatic heterocycles. The molecule has 1 aromatic rings. The SMILES string of the molecule is SCC1CNCC1c1cccc(I)c1. The summed E-state index contributed by atoms with van der Waals surface area (Å²) in [5.74, 6) is 2.32. The second kappa shape index (κ2) is 4.86. The number of hydrogen-bond donors (Lipinski definition) is 2. The van der Waals surface area contributed by atoms with E-state index in [2.05, 4.69) is 64.8 Å². The van der Waals surface area contributed by atoms with Crippen LogP contribution in [0.4, 0.5) is 0 Å². The summed E-state index contributed by atoms with van der Waals surface area (Å²) in [5.41, 5.74) is 1.46. The molecule has 1 aromatic carbocycles. The molecule has 1 fully saturated rings. The minimum Gasteiger partial charge on any atom is -0.316 e. The maximum atomic E-state index is 4.41. The van der Waals surface area contributed by atoms with E-state index in [1.54, 1.807) is 0 Å². The van der Waals surface area contributed by atoms with E-state index >= 15 is 0 Å². The van der Waals surface area contributed by atoms with Crippen molar-refractivity contribution in [3.63, 3.8) is 0 Å². The molecule has 1 heterocycles. The summed E-state index contributed by atoms with van der Waals surface area (Å²) in [4.78, 5) is 0. The first-order chi connectivity index (χ1) is 6.81. The lowest BCUT2D eigenvalue weighted by molar-refractivity contribution is 0.583. The molecule has 0 saturated carbocycles. The number of hydrogen-bond acceptors (Lipinski definition) is 2. The maximum absolute atomic E-state index is 4.41. The summed E-state index contributed by atoms with van der Waals surface area (Å²) in [6, 6.07) is 8.80. The monoisotopic (exact) mass is 319 g/mol. The van der Waals surface area contributed by atoms with Crippen LogP contribution in [0.1, 0.15) is 11.5 Å². The summed E-state index contributed by atoms with van der Waals surface area (Å²) < 4.78 is 1.32. The first kappa shape index (κ1) is 10.8. The summed E-state index contributed by atoms with van der Waals surface area (Å²) in [5, 5.41) is 3.44. The van der Waals surface area contributed by atoms with Gasteiger partial charge in [0.25, 0.3) is 0 Å². The first-order valence-corrected chi connectivity index (χ1v) is 6.59. The van der Waals surface area contributed by atoms with Crippen LogP contribution in [0.5, 0.6) is 0 Å². The molecule has 3 heteroatoms. The van der Waals surface area contributed by atoms with Crippen molar-refractivity contribution in [2.75, 3.05) is 18.8 Å². The topological polar surface area (TPSA) is 12.0 Å². The normalized spacial score (nSPS) is 26.7. The Morgan fingerprint density at radius 3 is 3.00 bits per heavy atom. The zero-order chi connectivity index (χ0) is 9.97. The van der Waals surface area contributed by atoms with E-state index in [4.69, 9.17) is 0 Å². The predicted octanol–water partition coefficient (Wildman–Crippen LogP) is 2.52. The average Bonchev–Trinajstić information content (AvgIpc) is 2.65. The van der Waals surface area contributed by atoms with Crippen molar-refractivity contribution in [3.8, 4) is 0 Å². The molecule has 14 heavy (non-hydrogen) atoms. The lowest BCUT2D eigenvalue weighted by Gasteiger charge is -2.16. The number of thiol groups is 1. The van der Waals surface area contributed by atoms with Crippen LogP contribution in [0.2, 0.25) is 0 Å². The minimum atomic E-state index is 0.655. The number of halogens is 1. The van der Waals surface area contributed by atoms with Gasteiger partial charge in [-0.15, -0.1) is 0 Å². The first-order valence-electron chi connectivity index (χ1n) is 4.88. The van der Waals surface area contributed by atoms with Crippen molar-refractivity contribution in [2.45, 2.75) is 5.92 Å². The largest absolute Gasteiger partial charge is 0.316 e. The van der Waals surface area contributed by atoms with E-state index in [0.717, 1.165) is 18.8 Å². The minimum absolute atomic E-state index is 0.655. The molecule has 1 aliphatic rings. The Bertz CT molecular complexity index is 316. The predicted molar refractivity (Wildman–Crippen MR) is 72.1 cm³/mol. The number of nitrogens with one attached hydrogen (secondary N) is 1. The van der Waals surface area contributed by atoms with Crippen LogP contribution in [0.25, 0.3) is 0 Å². The van der Waals surface area contributed by atoms with Crippen molar-refractivity contribution in [1.82, 2.24) is 5.32 Å². The van der Waals surface area contributed by atoms with Crippen LogP contribution in [0.3, 0.4) is 0 Å². The summed E-state index contributed by atoms with van der Waals surface area (Å²) >= 11 is 6.78. The summed E-state index contributed by atoms with van der Waals surface area (Å²) in [7, 11) is 0. The fourth-order valence-corrected chi connectivity index (χ4v) is 3.00. The molecule has 0 aromatic heterocycles. The lowest BCUT2D eigenvalue weighted by atomic mass is 9.90. The molecule has 0 aliphatic carbocycles. The Morgan fingerprint density at radius 1 is 1.43 bits per heavy atom. The number of rotatable bonds is 2. The second-order valence-corrected chi connectivity index (χ2v) is 5.37. The lowest BCUT2D eigenvalue weighted by Crippen LogP contribution is -2.12. The third-order valence-electron chi connectivity index (χ3n) is 2.85. The molecule has 2 atom stereocenters. The van der Waals surface area contributed by atoms with Gasteiger partial charge in [-0.25, -0.2) is 0 Å². The van der Waals surface area contributed by atoms with Gasteiger partial charge in [-0.3, -0.25) is 0 Å². The molecule has 1 nitrogen and oxygen atoms in total. The van der Waals surface area contributed by atoms with Gasteiger partial charge in [-0.05, 0) is 58.5 Å². The molecule has 0 spiro atoms. The van der Waals surface area contributed by atoms with Crippen molar-refractivity contribution >= 4 is 35.2 Å². The van der Waals surface area contributed by atoms with Crippen molar-refractivity contribution < 1.29 is 0 Å². The highest BCUT2D eigenvalue weighted by molar-refractivity contribution is 14.1. The Hall–Kier alpha value is 0.260. The fraction of sp³-hybridized carbons (Fsp3) is 0.455. The van der Waals surface area contributed by atoms with Crippen LogP contribution in [-0.4, -0.2) is 18.8 Å². The highest BCUT2D eigenvalue weighted by atomic mass is 127. The van der Waals surface area contributed by atoms with Crippen LogP contribution in [-0.2, 0) is 0 Å². The highest BCUT2D eigenvalue weighted by Gasteiger charge is 2.26. The molecule has 0 amide bonds. The Morgan fingerprint density at radius 2 is 2.29 bits per heavy atom. The maximum Gasteiger partial charge on any atom is 0.0133 e. The summed E-state index contributed by atoms with van der Waals surface area (Å²) in [6.45, 7) is 2.21. The molecular formula is C11H14INS. The fourth-order valence-electron chi connectivity index (χ4n) is 2.05. The smallest absolute Gasteiger partial charge is 0.0133 e. The average molecular weight is 319 g/mol. The quantitative estimate of drug-likeness (QED) is 0.631. The molecule has 0 radical (unpaired) electrons. The van der Waals surface area contributed by atoms with Gasteiger partial charge < -0.3 is 5.32 Å². The van der Waals surface area contributed by atoms with Crippen LogP contribution in [0, 0.1) is 9.49 Å². The van der Waals surface area contributed by atoms with Gasteiger partial charge in [0.15, 0.2) is 0 Å². The zero-order valence-electron chi connectivity index (χ0n) is 7.91. The van der Waals surface area contributed by atoms with Gasteiger partial charge >= 0.3 is 0 Å².